The molecule has 196 valence electrons. The van der Waals surface area contributed by atoms with Gasteiger partial charge in [-0.15, -0.1) is 0 Å². The van der Waals surface area contributed by atoms with Crippen molar-refractivity contribution in [2.24, 2.45) is 0 Å². The summed E-state index contributed by atoms with van der Waals surface area (Å²) in [6.45, 7) is 3.32. The van der Waals surface area contributed by atoms with Crippen LogP contribution in [0.4, 0.5) is 4.39 Å². The second kappa shape index (κ2) is 12.5. The van der Waals surface area contributed by atoms with Crippen LogP contribution in [0.2, 0.25) is 0 Å². The highest BCUT2D eigenvalue weighted by Gasteiger charge is 2.32. The summed E-state index contributed by atoms with van der Waals surface area (Å²) in [7, 11) is -2.55. The molecule has 0 unspecified atom stereocenters. The number of likely N-dealkylation sites (N-methyl/N-ethyl adjacent to an activating group) is 1. The molecule has 1 aliphatic carbocycles. The highest BCUT2D eigenvalue weighted by molar-refractivity contribution is 7.89. The number of sulfonamides is 1. The minimum Gasteiger partial charge on any atom is -0.352 e. The first kappa shape index (κ1) is 27.8. The molecule has 2 aromatic carbocycles. The summed E-state index contributed by atoms with van der Waals surface area (Å²) >= 11 is 0. The van der Waals surface area contributed by atoms with Gasteiger partial charge < -0.3 is 10.2 Å². The molecule has 3 rings (SSSR count). The zero-order valence-corrected chi connectivity index (χ0v) is 22.1. The molecule has 1 aliphatic rings. The average molecular weight is 518 g/mol. The molecule has 9 heteroatoms. The van der Waals surface area contributed by atoms with Gasteiger partial charge in [0.1, 0.15) is 11.9 Å². The van der Waals surface area contributed by atoms with Gasteiger partial charge in [-0.25, -0.2) is 12.8 Å². The minimum atomic E-state index is -3.90. The molecule has 0 saturated heterocycles. The summed E-state index contributed by atoms with van der Waals surface area (Å²) in [5.74, 6) is -1.14. The third-order valence-electron chi connectivity index (χ3n) is 6.69. The number of hydrogen-bond donors (Lipinski definition) is 1. The number of aryl methyl sites for hydroxylation is 1. The number of amides is 2. The highest BCUT2D eigenvalue weighted by Crippen LogP contribution is 2.20. The van der Waals surface area contributed by atoms with Crippen molar-refractivity contribution >= 4 is 21.8 Å². The lowest BCUT2D eigenvalue weighted by atomic mass is 9.95. The van der Waals surface area contributed by atoms with Crippen molar-refractivity contribution in [2.45, 2.75) is 75.9 Å². The van der Waals surface area contributed by atoms with Gasteiger partial charge in [-0.1, -0.05) is 56.0 Å². The Morgan fingerprint density at radius 3 is 2.22 bits per heavy atom. The average Bonchev–Trinajstić information content (AvgIpc) is 2.86. The van der Waals surface area contributed by atoms with E-state index in [0.717, 1.165) is 42.0 Å². The van der Waals surface area contributed by atoms with Crippen LogP contribution in [0, 0.1) is 12.7 Å². The second-order valence-electron chi connectivity index (χ2n) is 9.49. The molecule has 0 spiro atoms. The number of halogens is 1. The molecule has 0 bridgehead atoms. The number of carbonyl (C=O) groups is 2. The minimum absolute atomic E-state index is 0.0636. The zero-order chi connectivity index (χ0) is 26.3. The molecule has 2 amide bonds. The molecule has 1 atom stereocenters. The maximum atomic E-state index is 13.5. The van der Waals surface area contributed by atoms with Gasteiger partial charge in [0.05, 0.1) is 11.4 Å². The van der Waals surface area contributed by atoms with Crippen molar-refractivity contribution in [2.75, 3.05) is 13.6 Å². The molecule has 1 saturated carbocycles. The van der Waals surface area contributed by atoms with Crippen molar-refractivity contribution in [1.29, 1.82) is 0 Å². The number of rotatable bonds is 10. The normalized spacial score (nSPS) is 15.5. The van der Waals surface area contributed by atoms with Crippen LogP contribution in [-0.2, 0) is 26.2 Å². The Hall–Kier alpha value is -2.78. The number of benzene rings is 2. The highest BCUT2D eigenvalue weighted by atomic mass is 32.2. The molecule has 2 aromatic rings. The van der Waals surface area contributed by atoms with E-state index in [1.165, 1.54) is 36.2 Å². The number of carbonyl (C=O) groups excluding carboxylic acids is 2. The summed E-state index contributed by atoms with van der Waals surface area (Å²) in [5, 5.41) is 3.09. The molecule has 1 fully saturated rings. The van der Waals surface area contributed by atoms with Crippen molar-refractivity contribution in [3.63, 3.8) is 0 Å². The Morgan fingerprint density at radius 1 is 1.03 bits per heavy atom. The molecule has 36 heavy (non-hydrogen) atoms. The van der Waals surface area contributed by atoms with E-state index in [4.69, 9.17) is 0 Å². The van der Waals surface area contributed by atoms with E-state index in [-0.39, 0.29) is 23.4 Å². The lowest BCUT2D eigenvalue weighted by molar-refractivity contribution is -0.141. The van der Waals surface area contributed by atoms with E-state index >= 15 is 0 Å². The molecular weight excluding hydrogens is 481 g/mol. The maximum absolute atomic E-state index is 13.5. The first-order valence-corrected chi connectivity index (χ1v) is 13.9. The molecule has 1 N–H and O–H groups in total. The van der Waals surface area contributed by atoms with E-state index in [1.54, 1.807) is 24.3 Å². The lowest BCUT2D eigenvalue weighted by Gasteiger charge is -2.33. The van der Waals surface area contributed by atoms with Crippen molar-refractivity contribution in [1.82, 2.24) is 14.5 Å². The Balaban J connectivity index is 1.82. The van der Waals surface area contributed by atoms with E-state index in [0.29, 0.717) is 12.0 Å². The summed E-state index contributed by atoms with van der Waals surface area (Å²) in [6.07, 6.45) is 5.45. The quantitative estimate of drug-likeness (QED) is 0.516. The molecule has 7 nitrogen and oxygen atoms in total. The van der Waals surface area contributed by atoms with E-state index < -0.39 is 34.3 Å². The number of nitrogens with one attached hydrogen (secondary N) is 1. The predicted molar refractivity (Wildman–Crippen MR) is 137 cm³/mol. The maximum Gasteiger partial charge on any atom is 0.243 e. The van der Waals surface area contributed by atoms with Gasteiger partial charge in [-0.3, -0.25) is 9.59 Å². The third-order valence-corrected chi connectivity index (χ3v) is 8.51. The monoisotopic (exact) mass is 517 g/mol. The Morgan fingerprint density at radius 2 is 1.64 bits per heavy atom. The van der Waals surface area contributed by atoms with E-state index in [1.807, 2.05) is 13.8 Å². The van der Waals surface area contributed by atoms with Crippen LogP contribution < -0.4 is 5.32 Å². The SMILES string of the molecule is CC[C@H](C(=O)NC1CCCCC1)N(Cc1ccc(F)cc1)C(=O)CN(C)S(=O)(=O)c1ccc(C)cc1. The van der Waals surface area contributed by atoms with Crippen LogP contribution in [0.3, 0.4) is 0 Å². The summed E-state index contributed by atoms with van der Waals surface area (Å²) < 4.78 is 40.6. The first-order valence-electron chi connectivity index (χ1n) is 12.5. The van der Waals surface area contributed by atoms with Gasteiger partial charge in [-0.05, 0) is 56.0 Å². The van der Waals surface area contributed by atoms with Gasteiger partial charge in [0.2, 0.25) is 21.8 Å². The second-order valence-corrected chi connectivity index (χ2v) is 11.5. The van der Waals surface area contributed by atoms with E-state index in [9.17, 15) is 22.4 Å². The van der Waals surface area contributed by atoms with Crippen LogP contribution in [-0.4, -0.2) is 55.1 Å². The van der Waals surface area contributed by atoms with Gasteiger partial charge in [0.25, 0.3) is 0 Å². The fourth-order valence-corrected chi connectivity index (χ4v) is 5.63. The van der Waals surface area contributed by atoms with Crippen LogP contribution >= 0.6 is 0 Å². The molecule has 0 aromatic heterocycles. The fraction of sp³-hybridized carbons (Fsp3) is 0.481. The topological polar surface area (TPSA) is 86.8 Å². The Bertz CT molecular complexity index is 1130. The summed E-state index contributed by atoms with van der Waals surface area (Å²) in [6, 6.07) is 11.4. The first-order chi connectivity index (χ1) is 17.1. The number of nitrogens with zero attached hydrogens (tertiary/aromatic N) is 2. The van der Waals surface area contributed by atoms with Crippen LogP contribution in [0.25, 0.3) is 0 Å². The van der Waals surface area contributed by atoms with Crippen molar-refractivity contribution in [3.05, 3.63) is 65.5 Å². The van der Waals surface area contributed by atoms with Crippen LogP contribution in [0.5, 0.6) is 0 Å². The molecule has 0 heterocycles. The number of hydrogen-bond acceptors (Lipinski definition) is 4. The van der Waals surface area contributed by atoms with Crippen molar-refractivity contribution < 1.29 is 22.4 Å². The summed E-state index contributed by atoms with van der Waals surface area (Å²) in [4.78, 5) is 28.3. The zero-order valence-electron chi connectivity index (χ0n) is 21.2. The standard InChI is InChI=1S/C27H36FN3O4S/c1-4-25(27(33)29-23-8-6-5-7-9-23)31(18-21-12-14-22(28)15-13-21)26(32)19-30(3)36(34,35)24-16-10-20(2)11-17-24/h10-17,23,25H,4-9,18-19H2,1-3H3,(H,29,33)/t25-/m1/s1. The Labute approximate surface area is 213 Å². The molecular formula is C27H36FN3O4S. The molecule has 0 aliphatic heterocycles. The Kier molecular flexibility index (Phi) is 9.62. The van der Waals surface area contributed by atoms with E-state index in [2.05, 4.69) is 5.32 Å². The van der Waals surface area contributed by atoms with Gasteiger partial charge in [-0.2, -0.15) is 4.31 Å². The third kappa shape index (κ3) is 7.13. The van der Waals surface area contributed by atoms with Crippen LogP contribution in [0.15, 0.2) is 53.4 Å². The van der Waals surface area contributed by atoms with Gasteiger partial charge >= 0.3 is 0 Å². The van der Waals surface area contributed by atoms with Gasteiger partial charge in [0, 0.05) is 19.6 Å². The largest absolute Gasteiger partial charge is 0.352 e. The van der Waals surface area contributed by atoms with Crippen LogP contribution in [0.1, 0.15) is 56.6 Å². The lowest BCUT2D eigenvalue weighted by Crippen LogP contribution is -2.53. The van der Waals surface area contributed by atoms with Crippen molar-refractivity contribution in [3.8, 4) is 0 Å². The summed E-state index contributed by atoms with van der Waals surface area (Å²) in [5.41, 5.74) is 1.57. The smallest absolute Gasteiger partial charge is 0.243 e. The molecule has 0 radical (unpaired) electrons. The van der Waals surface area contributed by atoms with Gasteiger partial charge in [0.15, 0.2) is 0 Å². The fourth-order valence-electron chi connectivity index (χ4n) is 4.51. The predicted octanol–water partition coefficient (Wildman–Crippen LogP) is 4.01.